The number of phenols is 1. The Kier molecular flexibility index (Phi) is 4.72. The molecule has 0 saturated carbocycles. The molecule has 3 rings (SSSR count). The zero-order valence-electron chi connectivity index (χ0n) is 13.6. The van der Waals surface area contributed by atoms with E-state index in [0.29, 0.717) is 13.2 Å². The number of fused-ring (bicyclic) bond motifs is 1. The van der Waals surface area contributed by atoms with E-state index in [-0.39, 0.29) is 11.8 Å². The van der Waals surface area contributed by atoms with Crippen LogP contribution < -0.4 is 14.8 Å². The smallest absolute Gasteiger partial charge is 0.161 e. The summed E-state index contributed by atoms with van der Waals surface area (Å²) < 4.78 is 11.5. The third-order valence-electron chi connectivity index (χ3n) is 4.09. The maximum atomic E-state index is 9.50. The van der Waals surface area contributed by atoms with E-state index < -0.39 is 0 Å². The number of hydrogen-bond donors (Lipinski definition) is 2. The molecule has 0 fully saturated rings. The lowest BCUT2D eigenvalue weighted by Gasteiger charge is -2.29. The van der Waals surface area contributed by atoms with E-state index in [1.807, 2.05) is 26.0 Å². The van der Waals surface area contributed by atoms with Gasteiger partial charge in [-0.1, -0.05) is 12.1 Å². The second kappa shape index (κ2) is 6.92. The molecule has 1 aliphatic heterocycles. The fraction of sp³-hybridized carbons (Fsp3) is 0.368. The average Bonchev–Trinajstić information content (AvgIpc) is 2.56. The van der Waals surface area contributed by atoms with Crippen LogP contribution in [0.4, 0.5) is 0 Å². The van der Waals surface area contributed by atoms with Gasteiger partial charge in [0, 0.05) is 6.54 Å². The minimum absolute atomic E-state index is 0.106. The van der Waals surface area contributed by atoms with E-state index in [1.165, 1.54) is 11.1 Å². The number of ether oxygens (including phenoxy) is 2. The van der Waals surface area contributed by atoms with Crippen LogP contribution >= 0.6 is 0 Å². The molecule has 4 nitrogen and oxygen atoms in total. The SMILES string of the molecule is CCOc1cc2c(cc1OCC)[C@H](c1ccc(O)cc1)NCC2. The Labute approximate surface area is 137 Å². The molecule has 1 atom stereocenters. The van der Waals surface area contributed by atoms with Crippen molar-refractivity contribution in [1.29, 1.82) is 0 Å². The van der Waals surface area contributed by atoms with Crippen LogP contribution in [0.25, 0.3) is 0 Å². The summed E-state index contributed by atoms with van der Waals surface area (Å²) in [5, 5.41) is 13.1. The molecule has 1 aliphatic rings. The van der Waals surface area contributed by atoms with E-state index in [0.717, 1.165) is 30.0 Å². The first-order chi connectivity index (χ1) is 11.2. The van der Waals surface area contributed by atoms with E-state index in [1.54, 1.807) is 12.1 Å². The summed E-state index contributed by atoms with van der Waals surface area (Å²) in [5.41, 5.74) is 3.64. The van der Waals surface area contributed by atoms with E-state index in [2.05, 4.69) is 17.4 Å². The zero-order valence-corrected chi connectivity index (χ0v) is 13.6. The fourth-order valence-corrected chi connectivity index (χ4v) is 3.06. The van der Waals surface area contributed by atoms with Crippen molar-refractivity contribution < 1.29 is 14.6 Å². The van der Waals surface area contributed by atoms with E-state index in [9.17, 15) is 5.11 Å². The lowest BCUT2D eigenvalue weighted by Crippen LogP contribution is -2.30. The van der Waals surface area contributed by atoms with E-state index >= 15 is 0 Å². The Morgan fingerprint density at radius 2 is 1.70 bits per heavy atom. The van der Waals surface area contributed by atoms with Crippen molar-refractivity contribution in [1.82, 2.24) is 5.32 Å². The molecule has 0 saturated heterocycles. The van der Waals surface area contributed by atoms with Gasteiger partial charge in [0.25, 0.3) is 0 Å². The average molecular weight is 313 g/mol. The molecule has 0 bridgehead atoms. The third kappa shape index (κ3) is 3.27. The standard InChI is InChI=1S/C19H23NO3/c1-3-22-17-11-14-9-10-20-19(13-5-7-15(21)8-6-13)16(14)12-18(17)23-4-2/h5-8,11-12,19-21H,3-4,9-10H2,1-2H3/t19-/m0/s1. The summed E-state index contributed by atoms with van der Waals surface area (Å²) in [7, 11) is 0. The van der Waals surface area contributed by atoms with Gasteiger partial charge in [-0.05, 0) is 61.2 Å². The molecule has 0 aromatic heterocycles. The van der Waals surface area contributed by atoms with Crippen LogP contribution in [0, 0.1) is 0 Å². The largest absolute Gasteiger partial charge is 0.508 e. The quantitative estimate of drug-likeness (QED) is 0.888. The van der Waals surface area contributed by atoms with Crippen LogP contribution in [0.2, 0.25) is 0 Å². The number of nitrogens with one attached hydrogen (secondary N) is 1. The van der Waals surface area contributed by atoms with Gasteiger partial charge in [-0.25, -0.2) is 0 Å². The summed E-state index contributed by atoms with van der Waals surface area (Å²) in [4.78, 5) is 0. The van der Waals surface area contributed by atoms with Gasteiger partial charge in [0.15, 0.2) is 11.5 Å². The summed E-state index contributed by atoms with van der Waals surface area (Å²) >= 11 is 0. The molecule has 2 aromatic rings. The molecule has 0 amide bonds. The first-order valence-electron chi connectivity index (χ1n) is 8.17. The van der Waals surface area contributed by atoms with Crippen molar-refractivity contribution in [3.63, 3.8) is 0 Å². The fourth-order valence-electron chi connectivity index (χ4n) is 3.06. The second-order valence-corrected chi connectivity index (χ2v) is 5.59. The van der Waals surface area contributed by atoms with E-state index in [4.69, 9.17) is 9.47 Å². The number of aromatic hydroxyl groups is 1. The van der Waals surface area contributed by atoms with Gasteiger partial charge in [-0.15, -0.1) is 0 Å². The van der Waals surface area contributed by atoms with Gasteiger partial charge in [0.1, 0.15) is 5.75 Å². The van der Waals surface area contributed by atoms with Gasteiger partial charge in [-0.3, -0.25) is 0 Å². The van der Waals surface area contributed by atoms with Gasteiger partial charge in [0.05, 0.1) is 19.3 Å². The van der Waals surface area contributed by atoms with Gasteiger partial charge in [-0.2, -0.15) is 0 Å². The van der Waals surface area contributed by atoms with Crippen LogP contribution in [-0.4, -0.2) is 24.9 Å². The number of rotatable bonds is 5. The van der Waals surface area contributed by atoms with Crippen LogP contribution in [0.5, 0.6) is 17.2 Å². The number of phenolic OH excluding ortho intramolecular Hbond substituents is 1. The highest BCUT2D eigenvalue weighted by molar-refractivity contribution is 5.51. The van der Waals surface area contributed by atoms with Crippen molar-refractivity contribution in [2.75, 3.05) is 19.8 Å². The van der Waals surface area contributed by atoms with Crippen LogP contribution in [-0.2, 0) is 6.42 Å². The van der Waals surface area contributed by atoms with Crippen molar-refractivity contribution in [3.05, 3.63) is 53.1 Å². The molecule has 122 valence electrons. The van der Waals surface area contributed by atoms with Crippen molar-refractivity contribution in [3.8, 4) is 17.2 Å². The topological polar surface area (TPSA) is 50.7 Å². The highest BCUT2D eigenvalue weighted by Crippen LogP contribution is 2.38. The summed E-state index contributed by atoms with van der Waals surface area (Å²) in [6.45, 7) is 6.10. The number of benzene rings is 2. The predicted octanol–water partition coefficient (Wildman–Crippen LogP) is 3.42. The third-order valence-corrected chi connectivity index (χ3v) is 4.09. The normalized spacial score (nSPS) is 16.7. The first kappa shape index (κ1) is 15.7. The Morgan fingerprint density at radius 1 is 1.04 bits per heavy atom. The van der Waals surface area contributed by atoms with Crippen molar-refractivity contribution in [2.45, 2.75) is 26.3 Å². The summed E-state index contributed by atoms with van der Waals surface area (Å²) in [6.07, 6.45) is 0.969. The Hall–Kier alpha value is -2.20. The highest BCUT2D eigenvalue weighted by atomic mass is 16.5. The molecule has 1 heterocycles. The maximum Gasteiger partial charge on any atom is 0.161 e. The van der Waals surface area contributed by atoms with Crippen molar-refractivity contribution in [2.24, 2.45) is 0 Å². The Morgan fingerprint density at radius 3 is 2.35 bits per heavy atom. The lowest BCUT2D eigenvalue weighted by atomic mass is 9.89. The molecule has 0 aliphatic carbocycles. The van der Waals surface area contributed by atoms with Gasteiger partial charge < -0.3 is 19.9 Å². The highest BCUT2D eigenvalue weighted by Gasteiger charge is 2.24. The minimum atomic E-state index is 0.106. The summed E-state index contributed by atoms with van der Waals surface area (Å²) in [6, 6.07) is 11.7. The molecule has 23 heavy (non-hydrogen) atoms. The predicted molar refractivity (Wildman–Crippen MR) is 90.4 cm³/mol. The van der Waals surface area contributed by atoms with Crippen molar-refractivity contribution >= 4 is 0 Å². The van der Waals surface area contributed by atoms with Crippen LogP contribution in [0.1, 0.15) is 36.6 Å². The Bertz CT molecular complexity index is 667. The van der Waals surface area contributed by atoms with Gasteiger partial charge >= 0.3 is 0 Å². The monoisotopic (exact) mass is 313 g/mol. The van der Waals surface area contributed by atoms with Gasteiger partial charge in [0.2, 0.25) is 0 Å². The van der Waals surface area contributed by atoms with Crippen LogP contribution in [0.15, 0.2) is 36.4 Å². The molecule has 0 unspecified atom stereocenters. The maximum absolute atomic E-state index is 9.50. The lowest BCUT2D eigenvalue weighted by molar-refractivity contribution is 0.286. The first-order valence-corrected chi connectivity index (χ1v) is 8.17. The molecule has 0 spiro atoms. The Balaban J connectivity index is 2.02. The number of hydrogen-bond acceptors (Lipinski definition) is 4. The minimum Gasteiger partial charge on any atom is -0.508 e. The molecular weight excluding hydrogens is 290 g/mol. The molecular formula is C19H23NO3. The van der Waals surface area contributed by atoms with Crippen LogP contribution in [0.3, 0.4) is 0 Å². The second-order valence-electron chi connectivity index (χ2n) is 5.59. The summed E-state index contributed by atoms with van der Waals surface area (Å²) in [5.74, 6) is 1.89. The molecule has 2 N–H and O–H groups in total. The molecule has 0 radical (unpaired) electrons. The zero-order chi connectivity index (χ0) is 16.2. The molecule has 4 heteroatoms. The molecule has 2 aromatic carbocycles.